The van der Waals surface area contributed by atoms with Crippen LogP contribution in [0.4, 0.5) is 0 Å². The zero-order chi connectivity index (χ0) is 11.5. The molecule has 0 aromatic carbocycles. The molecule has 0 saturated carbocycles. The van der Waals surface area contributed by atoms with E-state index in [9.17, 15) is 13.5 Å². The summed E-state index contributed by atoms with van der Waals surface area (Å²) >= 11 is 0. The first-order chi connectivity index (χ1) is 6.92. The Morgan fingerprint density at radius 2 is 2.20 bits per heavy atom. The van der Waals surface area contributed by atoms with Crippen LogP contribution in [0.25, 0.3) is 0 Å². The number of aliphatic hydroxyl groups excluding tert-OH is 1. The predicted molar refractivity (Wildman–Crippen MR) is 61.5 cm³/mol. The molecule has 1 aliphatic rings. The SMILES string of the molecule is CC(C)S(=O)(=O)CCC1=CC(O)CCC1. The van der Waals surface area contributed by atoms with E-state index in [1.807, 2.05) is 6.08 Å². The van der Waals surface area contributed by atoms with Crippen LogP contribution in [0.1, 0.15) is 39.5 Å². The Hall–Kier alpha value is -0.350. The Bertz CT molecular complexity index is 328. The van der Waals surface area contributed by atoms with Crippen molar-refractivity contribution in [1.29, 1.82) is 0 Å². The van der Waals surface area contributed by atoms with E-state index in [-0.39, 0.29) is 17.1 Å². The number of rotatable bonds is 4. The summed E-state index contributed by atoms with van der Waals surface area (Å²) in [5, 5.41) is 9.09. The molecule has 0 aromatic rings. The van der Waals surface area contributed by atoms with Gasteiger partial charge in [0.15, 0.2) is 9.84 Å². The maximum atomic E-state index is 11.6. The van der Waals surface area contributed by atoms with Crippen LogP contribution in [0.5, 0.6) is 0 Å². The molecule has 1 aliphatic carbocycles. The highest BCUT2D eigenvalue weighted by atomic mass is 32.2. The average Bonchev–Trinajstić information content (AvgIpc) is 2.15. The molecular formula is C11H20O3S. The van der Waals surface area contributed by atoms with Gasteiger partial charge < -0.3 is 5.11 Å². The van der Waals surface area contributed by atoms with Gasteiger partial charge in [0.2, 0.25) is 0 Å². The zero-order valence-electron chi connectivity index (χ0n) is 9.44. The lowest BCUT2D eigenvalue weighted by atomic mass is 9.96. The van der Waals surface area contributed by atoms with E-state index < -0.39 is 9.84 Å². The van der Waals surface area contributed by atoms with Gasteiger partial charge in [0.1, 0.15) is 0 Å². The van der Waals surface area contributed by atoms with Gasteiger partial charge in [-0.05, 0) is 39.5 Å². The minimum Gasteiger partial charge on any atom is -0.389 e. The van der Waals surface area contributed by atoms with Gasteiger partial charge in [0.05, 0.1) is 17.1 Å². The van der Waals surface area contributed by atoms with Crippen molar-refractivity contribution >= 4 is 9.84 Å². The molecule has 0 fully saturated rings. The van der Waals surface area contributed by atoms with Crippen LogP contribution < -0.4 is 0 Å². The minimum absolute atomic E-state index is 0.212. The van der Waals surface area contributed by atoms with Gasteiger partial charge in [-0.2, -0.15) is 0 Å². The van der Waals surface area contributed by atoms with Crippen LogP contribution in [0.3, 0.4) is 0 Å². The lowest BCUT2D eigenvalue weighted by Crippen LogP contribution is -2.19. The summed E-state index contributed by atoms with van der Waals surface area (Å²) in [6.45, 7) is 3.42. The molecule has 88 valence electrons. The van der Waals surface area contributed by atoms with E-state index in [0.29, 0.717) is 6.42 Å². The van der Waals surface area contributed by atoms with Crippen LogP contribution >= 0.6 is 0 Å². The fraction of sp³-hybridized carbons (Fsp3) is 0.818. The highest BCUT2D eigenvalue weighted by molar-refractivity contribution is 7.91. The van der Waals surface area contributed by atoms with Gasteiger partial charge in [-0.1, -0.05) is 11.6 Å². The monoisotopic (exact) mass is 232 g/mol. The summed E-state index contributed by atoms with van der Waals surface area (Å²) in [5.41, 5.74) is 1.10. The fourth-order valence-corrected chi connectivity index (χ4v) is 2.71. The molecule has 0 bridgehead atoms. The van der Waals surface area contributed by atoms with E-state index >= 15 is 0 Å². The maximum absolute atomic E-state index is 11.6. The topological polar surface area (TPSA) is 54.4 Å². The van der Waals surface area contributed by atoms with Crippen molar-refractivity contribution in [2.75, 3.05) is 5.75 Å². The molecule has 0 spiro atoms. The van der Waals surface area contributed by atoms with Crippen LogP contribution in [0.2, 0.25) is 0 Å². The average molecular weight is 232 g/mol. The van der Waals surface area contributed by atoms with Crippen molar-refractivity contribution in [3.8, 4) is 0 Å². The third-order valence-corrected chi connectivity index (χ3v) is 5.06. The third kappa shape index (κ3) is 3.95. The normalized spacial score (nSPS) is 22.9. The molecular weight excluding hydrogens is 212 g/mol. The molecule has 0 radical (unpaired) electrons. The molecule has 4 heteroatoms. The molecule has 1 rings (SSSR count). The second kappa shape index (κ2) is 5.12. The van der Waals surface area contributed by atoms with Crippen LogP contribution in [0, 0.1) is 0 Å². The van der Waals surface area contributed by atoms with Crippen LogP contribution in [-0.4, -0.2) is 30.6 Å². The molecule has 0 aliphatic heterocycles. The summed E-state index contributed by atoms with van der Waals surface area (Å²) in [6.07, 6.45) is 4.74. The minimum atomic E-state index is -2.94. The van der Waals surface area contributed by atoms with Crippen molar-refractivity contribution in [3.05, 3.63) is 11.6 Å². The zero-order valence-corrected chi connectivity index (χ0v) is 10.3. The number of hydrogen-bond acceptors (Lipinski definition) is 3. The molecule has 0 saturated heterocycles. The van der Waals surface area contributed by atoms with Crippen LogP contribution in [0.15, 0.2) is 11.6 Å². The van der Waals surface area contributed by atoms with E-state index in [4.69, 9.17) is 0 Å². The van der Waals surface area contributed by atoms with E-state index in [2.05, 4.69) is 0 Å². The predicted octanol–water partition coefficient (Wildman–Crippen LogP) is 1.67. The third-order valence-electron chi connectivity index (χ3n) is 2.85. The number of hydrogen-bond donors (Lipinski definition) is 1. The first-order valence-corrected chi connectivity index (χ1v) is 7.22. The van der Waals surface area contributed by atoms with Gasteiger partial charge >= 0.3 is 0 Å². The Morgan fingerprint density at radius 1 is 1.53 bits per heavy atom. The van der Waals surface area contributed by atoms with Gasteiger partial charge in [-0.3, -0.25) is 0 Å². The summed E-state index contributed by atoms with van der Waals surface area (Å²) in [7, 11) is -2.94. The fourth-order valence-electron chi connectivity index (χ4n) is 1.69. The van der Waals surface area contributed by atoms with Gasteiger partial charge in [0, 0.05) is 0 Å². The quantitative estimate of drug-likeness (QED) is 0.750. The molecule has 0 aromatic heterocycles. The molecule has 0 amide bonds. The number of aliphatic hydroxyl groups is 1. The van der Waals surface area contributed by atoms with E-state index in [1.54, 1.807) is 13.8 Å². The van der Waals surface area contributed by atoms with Crippen molar-refractivity contribution in [2.45, 2.75) is 50.9 Å². The number of sulfone groups is 1. The highest BCUT2D eigenvalue weighted by Gasteiger charge is 2.18. The maximum Gasteiger partial charge on any atom is 0.152 e. The Balaban J connectivity index is 2.50. The molecule has 1 atom stereocenters. The van der Waals surface area contributed by atoms with Crippen molar-refractivity contribution < 1.29 is 13.5 Å². The molecule has 15 heavy (non-hydrogen) atoms. The molecule has 3 nitrogen and oxygen atoms in total. The van der Waals surface area contributed by atoms with Gasteiger partial charge in [-0.25, -0.2) is 8.42 Å². The first-order valence-electron chi connectivity index (χ1n) is 5.51. The van der Waals surface area contributed by atoms with E-state index in [0.717, 1.165) is 24.8 Å². The first kappa shape index (κ1) is 12.7. The van der Waals surface area contributed by atoms with Gasteiger partial charge in [0.25, 0.3) is 0 Å². The largest absolute Gasteiger partial charge is 0.389 e. The Kier molecular flexibility index (Phi) is 4.34. The molecule has 1 unspecified atom stereocenters. The molecule has 0 heterocycles. The Morgan fingerprint density at radius 3 is 2.73 bits per heavy atom. The van der Waals surface area contributed by atoms with Crippen molar-refractivity contribution in [1.82, 2.24) is 0 Å². The number of allylic oxidation sites excluding steroid dienone is 1. The summed E-state index contributed by atoms with van der Waals surface area (Å²) < 4.78 is 23.1. The highest BCUT2D eigenvalue weighted by Crippen LogP contribution is 2.21. The second-order valence-electron chi connectivity index (χ2n) is 4.45. The molecule has 1 N–H and O–H groups in total. The van der Waals surface area contributed by atoms with E-state index in [1.165, 1.54) is 0 Å². The summed E-state index contributed by atoms with van der Waals surface area (Å²) in [5.74, 6) is 0.212. The van der Waals surface area contributed by atoms with Crippen LogP contribution in [-0.2, 0) is 9.84 Å². The summed E-state index contributed by atoms with van der Waals surface area (Å²) in [4.78, 5) is 0. The summed E-state index contributed by atoms with van der Waals surface area (Å²) in [6, 6.07) is 0. The lowest BCUT2D eigenvalue weighted by molar-refractivity contribution is 0.201. The smallest absolute Gasteiger partial charge is 0.152 e. The van der Waals surface area contributed by atoms with Gasteiger partial charge in [-0.15, -0.1) is 0 Å². The second-order valence-corrected chi connectivity index (χ2v) is 7.13. The lowest BCUT2D eigenvalue weighted by Gasteiger charge is -2.17. The standard InChI is InChI=1S/C11H20O3S/c1-9(2)15(13,14)7-6-10-4-3-5-11(12)8-10/h8-9,11-12H,3-7H2,1-2H3. The van der Waals surface area contributed by atoms with Crippen molar-refractivity contribution in [3.63, 3.8) is 0 Å². The van der Waals surface area contributed by atoms with Crippen molar-refractivity contribution in [2.24, 2.45) is 0 Å². The Labute approximate surface area is 92.1 Å².